The zero-order valence-corrected chi connectivity index (χ0v) is 26.2. The molecule has 0 bridgehead atoms. The minimum absolute atomic E-state index is 0.193. The lowest BCUT2D eigenvalue weighted by atomic mass is 9.95. The average molecular weight is 616 g/mol. The van der Waals surface area contributed by atoms with Crippen LogP contribution in [-0.2, 0) is 9.53 Å². The average Bonchev–Trinajstić information content (AvgIpc) is 3.67. The minimum Gasteiger partial charge on any atom is -0.493 e. The fourth-order valence-electron chi connectivity index (χ4n) is 5.74. The van der Waals surface area contributed by atoms with E-state index in [0.717, 1.165) is 28.4 Å². The van der Waals surface area contributed by atoms with Gasteiger partial charge in [-0.15, -0.1) is 0 Å². The highest BCUT2D eigenvalue weighted by atomic mass is 32.1. The van der Waals surface area contributed by atoms with E-state index in [2.05, 4.69) is 4.57 Å². The minimum atomic E-state index is -0.765. The second-order valence-corrected chi connectivity index (χ2v) is 11.4. The van der Waals surface area contributed by atoms with Gasteiger partial charge < -0.3 is 28.3 Å². The lowest BCUT2D eigenvalue weighted by Crippen LogP contribution is -2.40. The predicted molar refractivity (Wildman–Crippen MR) is 166 cm³/mol. The molecule has 0 amide bonds. The molecule has 0 saturated carbocycles. The molecule has 4 heterocycles. The number of methoxy groups -OCH3 is 1. The number of aryl methyl sites for hydroxylation is 1. The van der Waals surface area contributed by atoms with Crippen molar-refractivity contribution in [1.29, 1.82) is 0 Å². The molecule has 2 aromatic carbocycles. The quantitative estimate of drug-likeness (QED) is 0.272. The fraction of sp³-hybridized carbons (Fsp3) is 0.303. The van der Waals surface area contributed by atoms with Crippen LogP contribution < -0.4 is 33.8 Å². The molecule has 11 heteroatoms. The van der Waals surface area contributed by atoms with Crippen LogP contribution in [0, 0.1) is 13.8 Å². The molecule has 0 saturated heterocycles. The summed E-state index contributed by atoms with van der Waals surface area (Å²) in [5, 5.41) is 0. The summed E-state index contributed by atoms with van der Waals surface area (Å²) in [5.41, 5.74) is 5.02. The summed E-state index contributed by atoms with van der Waals surface area (Å²) in [6, 6.07) is 12.5. The Bertz CT molecular complexity index is 2000. The highest BCUT2D eigenvalue weighted by Gasteiger charge is 2.34. The molecule has 6 rings (SSSR count). The van der Waals surface area contributed by atoms with Gasteiger partial charge in [-0.3, -0.25) is 9.36 Å². The third kappa shape index (κ3) is 4.96. The summed E-state index contributed by atoms with van der Waals surface area (Å²) in [7, 11) is 1.57. The Morgan fingerprint density at radius 3 is 2.59 bits per heavy atom. The molecular formula is C33H33N3O7S. The number of nitrogens with zero attached hydrogens (tertiary/aromatic N) is 3. The number of aromatic nitrogens is 2. The van der Waals surface area contributed by atoms with E-state index >= 15 is 0 Å². The van der Waals surface area contributed by atoms with Crippen LogP contribution in [0.4, 0.5) is 0 Å². The van der Waals surface area contributed by atoms with E-state index in [1.54, 1.807) is 37.7 Å². The summed E-state index contributed by atoms with van der Waals surface area (Å²) in [4.78, 5) is 32.7. The normalized spacial score (nSPS) is 15.7. The monoisotopic (exact) mass is 615 g/mol. The first-order chi connectivity index (χ1) is 21.2. The Labute approximate surface area is 258 Å². The van der Waals surface area contributed by atoms with Crippen LogP contribution in [0.3, 0.4) is 0 Å². The molecule has 0 radical (unpaired) electrons. The zero-order valence-electron chi connectivity index (χ0n) is 25.4. The Morgan fingerprint density at radius 2 is 1.84 bits per heavy atom. The summed E-state index contributed by atoms with van der Waals surface area (Å²) in [5.74, 6) is 1.97. The number of fused-ring (bicyclic) bond motifs is 2. The largest absolute Gasteiger partial charge is 0.493 e. The van der Waals surface area contributed by atoms with E-state index < -0.39 is 12.0 Å². The number of esters is 1. The second kappa shape index (κ2) is 11.7. The SMILES string of the molecule is CCOC(=O)C1=C(C)N=c2s/c(=C/c3cc(C)n(-c4ccc5c(c4)OCO5)c3C)c(=O)n2[C@@H]1c1ccc(OC)c(OCC)c1. The number of rotatable bonds is 8. The smallest absolute Gasteiger partial charge is 0.338 e. The molecule has 0 N–H and O–H groups in total. The first-order valence-corrected chi connectivity index (χ1v) is 15.2. The highest BCUT2D eigenvalue weighted by molar-refractivity contribution is 7.07. The molecule has 44 heavy (non-hydrogen) atoms. The van der Waals surface area contributed by atoms with Crippen LogP contribution in [0.5, 0.6) is 23.0 Å². The Morgan fingerprint density at radius 1 is 1.05 bits per heavy atom. The van der Waals surface area contributed by atoms with Crippen LogP contribution in [0.25, 0.3) is 11.8 Å². The molecule has 228 valence electrons. The number of benzene rings is 2. The number of hydrogen-bond donors (Lipinski definition) is 0. The van der Waals surface area contributed by atoms with Crippen molar-refractivity contribution in [1.82, 2.24) is 9.13 Å². The predicted octanol–water partition coefficient (Wildman–Crippen LogP) is 4.34. The van der Waals surface area contributed by atoms with Gasteiger partial charge in [-0.2, -0.15) is 0 Å². The van der Waals surface area contributed by atoms with E-state index in [1.165, 1.54) is 11.3 Å². The van der Waals surface area contributed by atoms with Crippen molar-refractivity contribution in [3.8, 4) is 28.7 Å². The van der Waals surface area contributed by atoms with Crippen molar-refractivity contribution in [3.63, 3.8) is 0 Å². The van der Waals surface area contributed by atoms with Gasteiger partial charge in [0.15, 0.2) is 27.8 Å². The van der Waals surface area contributed by atoms with Crippen molar-refractivity contribution in [3.05, 3.63) is 95.9 Å². The molecule has 0 fully saturated rings. The van der Waals surface area contributed by atoms with Crippen molar-refractivity contribution in [2.75, 3.05) is 27.1 Å². The van der Waals surface area contributed by atoms with Gasteiger partial charge in [0.1, 0.15) is 0 Å². The highest BCUT2D eigenvalue weighted by Crippen LogP contribution is 2.37. The van der Waals surface area contributed by atoms with Crippen molar-refractivity contribution in [2.24, 2.45) is 4.99 Å². The number of ether oxygens (including phenoxy) is 5. The standard InChI is InChI=1S/C33H33N3O7S/c1-7-40-26-14-21(9-11-24(26)39-6)30-29(32(38)41-8-2)19(4)34-33-36(30)31(37)28(44-33)15-22-13-18(3)35(20(22)5)23-10-12-25-27(16-23)43-17-42-25/h9-16,30H,7-8,17H2,1-6H3/b28-15+/t30-/m1/s1. The fourth-order valence-corrected chi connectivity index (χ4v) is 6.77. The molecule has 2 aliphatic heterocycles. The van der Waals surface area contributed by atoms with Gasteiger partial charge in [0, 0.05) is 23.1 Å². The molecule has 1 atom stereocenters. The third-order valence-electron chi connectivity index (χ3n) is 7.69. The topological polar surface area (TPSA) is 103 Å². The summed E-state index contributed by atoms with van der Waals surface area (Å²) >= 11 is 1.28. The third-order valence-corrected chi connectivity index (χ3v) is 8.67. The first-order valence-electron chi connectivity index (χ1n) is 14.3. The van der Waals surface area contributed by atoms with Crippen LogP contribution >= 0.6 is 11.3 Å². The van der Waals surface area contributed by atoms with Gasteiger partial charge in [0.05, 0.1) is 42.2 Å². The Kier molecular flexibility index (Phi) is 7.81. The molecule has 0 spiro atoms. The van der Waals surface area contributed by atoms with Gasteiger partial charge in [-0.25, -0.2) is 9.79 Å². The molecule has 10 nitrogen and oxygen atoms in total. The lowest BCUT2D eigenvalue weighted by Gasteiger charge is -2.25. The van der Waals surface area contributed by atoms with E-state index in [-0.39, 0.29) is 19.0 Å². The van der Waals surface area contributed by atoms with Gasteiger partial charge in [0.25, 0.3) is 5.56 Å². The van der Waals surface area contributed by atoms with Crippen LogP contribution in [0.2, 0.25) is 0 Å². The summed E-state index contributed by atoms with van der Waals surface area (Å²) in [6.07, 6.45) is 1.88. The van der Waals surface area contributed by atoms with Crippen LogP contribution in [-0.4, -0.2) is 42.2 Å². The molecule has 2 aromatic heterocycles. The van der Waals surface area contributed by atoms with E-state index in [0.29, 0.717) is 50.0 Å². The van der Waals surface area contributed by atoms with Crippen molar-refractivity contribution >= 4 is 23.4 Å². The van der Waals surface area contributed by atoms with E-state index in [4.69, 9.17) is 28.7 Å². The number of carbonyl (C=O) groups is 1. The Hall–Kier alpha value is -4.77. The lowest BCUT2D eigenvalue weighted by molar-refractivity contribution is -0.139. The second-order valence-electron chi connectivity index (χ2n) is 10.3. The summed E-state index contributed by atoms with van der Waals surface area (Å²) in [6.45, 7) is 10.2. The van der Waals surface area contributed by atoms with Crippen LogP contribution in [0.15, 0.2) is 63.5 Å². The first kappa shape index (κ1) is 29.3. The molecule has 2 aliphatic rings. The van der Waals surface area contributed by atoms with Crippen molar-refractivity contribution in [2.45, 2.75) is 40.7 Å². The maximum Gasteiger partial charge on any atom is 0.338 e. The van der Waals surface area contributed by atoms with Gasteiger partial charge in [-0.1, -0.05) is 17.4 Å². The number of allylic oxidation sites excluding steroid dienone is 1. The van der Waals surface area contributed by atoms with Crippen molar-refractivity contribution < 1.29 is 28.5 Å². The van der Waals surface area contributed by atoms with Gasteiger partial charge in [0.2, 0.25) is 6.79 Å². The maximum absolute atomic E-state index is 14.2. The number of carbonyl (C=O) groups excluding carboxylic acids is 1. The number of hydrogen-bond acceptors (Lipinski definition) is 9. The zero-order chi connectivity index (χ0) is 31.1. The van der Waals surface area contributed by atoms with E-state index in [9.17, 15) is 9.59 Å². The van der Waals surface area contributed by atoms with Gasteiger partial charge in [-0.05, 0) is 82.2 Å². The number of thiazole rings is 1. The van der Waals surface area contributed by atoms with Gasteiger partial charge >= 0.3 is 5.97 Å². The molecule has 0 aliphatic carbocycles. The molecular weight excluding hydrogens is 582 g/mol. The summed E-state index contributed by atoms with van der Waals surface area (Å²) < 4.78 is 32.0. The maximum atomic E-state index is 14.2. The molecule has 0 unspecified atom stereocenters. The Balaban J connectivity index is 1.50. The molecule has 4 aromatic rings. The van der Waals surface area contributed by atoms with E-state index in [1.807, 2.05) is 57.2 Å². The van der Waals surface area contributed by atoms with Crippen LogP contribution in [0.1, 0.15) is 49.3 Å².